The van der Waals surface area contributed by atoms with Gasteiger partial charge in [0, 0.05) is 49.5 Å². The number of amides is 2. The van der Waals surface area contributed by atoms with Crippen LogP contribution in [0.25, 0.3) is 0 Å². The molecule has 4 unspecified atom stereocenters. The number of hydrogen-bond donors (Lipinski definition) is 5. The number of anilines is 12. The van der Waals surface area contributed by atoms with Crippen LogP contribution in [0.1, 0.15) is 164 Å². The Hall–Kier alpha value is -9.67. The first-order valence-electron chi connectivity index (χ1n) is 37.4. The summed E-state index contributed by atoms with van der Waals surface area (Å²) in [6, 6.07) is 2.26. The van der Waals surface area contributed by atoms with Crippen molar-refractivity contribution in [1.82, 2.24) is 74.8 Å². The van der Waals surface area contributed by atoms with Gasteiger partial charge in [0.25, 0.3) is 0 Å². The normalized spacial score (nSPS) is 20.2. The highest BCUT2D eigenvalue weighted by molar-refractivity contribution is 7.21. The number of halogens is 17. The van der Waals surface area contributed by atoms with Crippen LogP contribution in [0.5, 0.6) is 5.88 Å². The maximum absolute atomic E-state index is 12.8. The Morgan fingerprint density at radius 1 is 0.452 bits per heavy atom. The molecule has 4 aliphatic heterocycles. The zero-order valence-electron chi connectivity index (χ0n) is 65.4. The molecule has 0 bridgehead atoms. The second-order valence-electron chi connectivity index (χ2n) is 30.6. The van der Waals surface area contributed by atoms with Crippen molar-refractivity contribution in [3.05, 3.63) is 122 Å². The van der Waals surface area contributed by atoms with Crippen LogP contribution >= 0.6 is 115 Å². The summed E-state index contributed by atoms with van der Waals surface area (Å²) in [6.07, 6.45) is -3.65. The number of ether oxygens (including phenoxy) is 3. The molecule has 2 spiro atoms. The molecule has 19 rings (SSSR count). The van der Waals surface area contributed by atoms with Gasteiger partial charge in [0.15, 0.2) is 30.9 Å². The van der Waals surface area contributed by atoms with Crippen molar-refractivity contribution in [2.75, 3.05) is 49.6 Å². The fourth-order valence-electron chi connectivity index (χ4n) is 13.8. The average Bonchev–Trinajstić information content (AvgIpc) is 1.53. The van der Waals surface area contributed by atoms with Crippen molar-refractivity contribution in [3.8, 4) is 11.9 Å². The third kappa shape index (κ3) is 19.1. The Kier molecular flexibility index (Phi) is 25.3. The second-order valence-corrected chi connectivity index (χ2v) is 37.4. The van der Waals surface area contributed by atoms with E-state index in [0.717, 1.165) is 125 Å². The summed E-state index contributed by atoms with van der Waals surface area (Å²) in [7, 11) is 0. The van der Waals surface area contributed by atoms with Crippen LogP contribution in [0.4, 0.5) is 118 Å². The van der Waals surface area contributed by atoms with E-state index in [1.54, 1.807) is 9.80 Å². The van der Waals surface area contributed by atoms with Gasteiger partial charge in [0.05, 0.1) is 87.3 Å². The molecule has 4 saturated heterocycles. The van der Waals surface area contributed by atoms with Crippen molar-refractivity contribution in [3.63, 3.8) is 0 Å². The monoisotopic (exact) mass is 1950 g/mol. The molecule has 0 radical (unpaired) electrons. The fraction of sp³-hybridized carbons (Fsp3) is 0.459. The number of rotatable bonds is 17. The lowest BCUT2D eigenvalue weighted by molar-refractivity contribution is -0.143. The lowest BCUT2D eigenvalue weighted by atomic mass is 9.97. The first-order chi connectivity index (χ1) is 58.7. The maximum Gasteiger partial charge on any atom is 0.419 e. The van der Waals surface area contributed by atoms with Gasteiger partial charge in [-0.15, -0.1) is 0 Å². The van der Waals surface area contributed by atoms with Crippen LogP contribution in [0.2, 0.25) is 25.6 Å². The summed E-state index contributed by atoms with van der Waals surface area (Å²) in [5, 5.41) is 29.5. The minimum atomic E-state index is -4.51. The zero-order chi connectivity index (χ0) is 90.0. The molecule has 0 aromatic carbocycles. The van der Waals surface area contributed by atoms with E-state index in [4.69, 9.17) is 72.2 Å². The lowest BCUT2D eigenvalue weighted by Gasteiger charge is -2.20. The van der Waals surface area contributed by atoms with Crippen LogP contribution in [0.15, 0.2) is 31.0 Å². The predicted octanol–water partition coefficient (Wildman–Crippen LogP) is 20.2. The zero-order valence-corrected chi connectivity index (χ0v) is 73.3. The Balaban J connectivity index is 0.000000128. The minimum absolute atomic E-state index is 0. The number of carbonyl (C=O) groups is 4. The van der Waals surface area contributed by atoms with E-state index in [9.17, 15) is 77.1 Å². The number of nitrogens with zero attached hydrogens (tertiary/aromatic N) is 18. The molecule has 10 aromatic heterocycles. The van der Waals surface area contributed by atoms with Crippen LogP contribution in [-0.4, -0.2) is 129 Å². The first-order valence-corrected chi connectivity index (χ1v) is 43.4. The van der Waals surface area contributed by atoms with E-state index >= 15 is 0 Å². The molecule has 126 heavy (non-hydrogen) atoms. The third-order valence-corrected chi connectivity index (χ3v) is 28.7. The summed E-state index contributed by atoms with van der Waals surface area (Å²) in [6.45, 7) is 11.3. The predicted molar refractivity (Wildman–Crippen MR) is 444 cm³/mol. The van der Waals surface area contributed by atoms with E-state index in [1.165, 1.54) is 45.2 Å². The number of nitrogens with one attached hydrogen (secondary N) is 5. The third-order valence-electron chi connectivity index (χ3n) is 21.3. The van der Waals surface area contributed by atoms with Crippen molar-refractivity contribution in [1.29, 1.82) is 5.26 Å². The molecule has 5 N–H and O–H groups in total. The fourth-order valence-corrected chi connectivity index (χ4v) is 20.4. The van der Waals surface area contributed by atoms with Gasteiger partial charge in [-0.05, 0) is 113 Å². The highest BCUT2D eigenvalue weighted by Gasteiger charge is 2.70. The van der Waals surface area contributed by atoms with E-state index in [1.807, 2.05) is 20.8 Å². The van der Waals surface area contributed by atoms with Gasteiger partial charge in [-0.1, -0.05) is 122 Å². The second kappa shape index (κ2) is 34.4. The Labute approximate surface area is 751 Å². The standard InChI is InChI=1S/2C15H13ClF3N5OS.C15H16ClN5OS.2C14H10ClF3N4O2S.CH4/c2*1-7-8(15(17,18)19)6-20-12(21-7)23-11-10(16)22-13(26-11)24-9(25)2-3-14(24)4-5-14;1-8-12(23-13(19-8)15(2,3)7-17)21-14-18-6-10(16)11(20-14)22-9-4-5-9;2*1-5-7(14(16,17)18)3-19-12(20-5)22-9-8(15)21-10(25-9)13-2-6(13)4-24-11(13)23;/h2*6H,2-5H2,1H3,(H,20,21,23);6,9H,4-5H2,1-3H3,(H,18,20,21);2*3,6H,2,4H2,1H3,(H,19,20,22);1H4. The van der Waals surface area contributed by atoms with Crippen LogP contribution in [0, 0.1) is 57.8 Å². The number of fused-ring (bicyclic) bond motifs is 2. The van der Waals surface area contributed by atoms with Gasteiger partial charge in [-0.2, -0.15) is 62.9 Å². The van der Waals surface area contributed by atoms with E-state index in [2.05, 4.69) is 107 Å². The summed E-state index contributed by atoms with van der Waals surface area (Å²) < 4.78 is 169. The minimum Gasteiger partial charge on any atom is -0.473 e. The number of aromatic nitrogens is 15. The molecular formula is C74H66Cl5F12N23O7S5. The molecular weight excluding hydrogens is 1890 g/mol. The Morgan fingerprint density at radius 3 is 1.10 bits per heavy atom. The molecule has 4 atom stereocenters. The SMILES string of the molecule is C.Cc1nc(C(C)(C)C#N)sc1Nc1ncc(Cl)c(OC2CC2)n1.Cc1nc(Nc2sc(C34CC3COC4=O)nc2Cl)ncc1C(F)(F)F.Cc1nc(Nc2sc(C34CC3COC4=O)nc2Cl)ncc1C(F)(F)F.Cc1nc(Nc2sc(N3C(=O)CCC34CC4)nc2Cl)ncc1C(F)(F)F.Cc1nc(Nc2sc(N3C(=O)CCC34CC4)nc2Cl)ncc1C(F)(F)F. The van der Waals surface area contributed by atoms with Gasteiger partial charge < -0.3 is 40.8 Å². The summed E-state index contributed by atoms with van der Waals surface area (Å²) in [4.78, 5) is 112. The Morgan fingerprint density at radius 2 is 0.786 bits per heavy atom. The summed E-state index contributed by atoms with van der Waals surface area (Å²) >= 11 is 36.6. The molecule has 2 amide bonds. The first kappa shape index (κ1) is 92.5. The molecule has 9 aliphatic rings. The van der Waals surface area contributed by atoms with Crippen LogP contribution in [-0.2, 0) is 69.6 Å². The van der Waals surface area contributed by atoms with Crippen molar-refractivity contribution >= 4 is 203 Å². The molecule has 9 fully saturated rings. The molecule has 30 nitrogen and oxygen atoms in total. The molecule has 668 valence electrons. The van der Waals surface area contributed by atoms with Gasteiger partial charge in [-0.25, -0.2) is 69.8 Å². The maximum atomic E-state index is 12.8. The van der Waals surface area contributed by atoms with Crippen molar-refractivity contribution in [2.45, 2.75) is 191 Å². The van der Waals surface area contributed by atoms with Gasteiger partial charge in [0.2, 0.25) is 47.4 Å². The van der Waals surface area contributed by atoms with Crippen molar-refractivity contribution in [2.24, 2.45) is 11.8 Å². The topological polar surface area (TPSA) is 380 Å². The van der Waals surface area contributed by atoms with E-state index in [0.29, 0.717) is 108 Å². The molecule has 5 aliphatic carbocycles. The number of nitriles is 1. The lowest BCUT2D eigenvalue weighted by Crippen LogP contribution is -2.34. The van der Waals surface area contributed by atoms with Gasteiger partial charge in [0.1, 0.15) is 67.4 Å². The van der Waals surface area contributed by atoms with Crippen molar-refractivity contribution < 1.29 is 86.1 Å². The summed E-state index contributed by atoms with van der Waals surface area (Å²) in [5.41, 5.74) is -5.89. The number of aryl methyl sites for hydroxylation is 5. The Bertz CT molecular complexity index is 5710. The molecule has 52 heteroatoms. The molecule has 10 aromatic rings. The number of hydrogen-bond acceptors (Lipinski definition) is 33. The number of carbonyl (C=O) groups excluding carboxylic acids is 4. The van der Waals surface area contributed by atoms with Gasteiger partial charge >= 0.3 is 36.6 Å². The number of thiazole rings is 5. The number of alkyl halides is 12. The van der Waals surface area contributed by atoms with Gasteiger partial charge in [-0.3, -0.25) is 29.0 Å². The van der Waals surface area contributed by atoms with E-state index in [-0.39, 0.29) is 127 Å². The molecule has 5 saturated carbocycles. The quantitative estimate of drug-likeness (QED) is 0.0417. The number of esters is 2. The largest absolute Gasteiger partial charge is 0.473 e. The molecule has 14 heterocycles. The highest BCUT2D eigenvalue weighted by Crippen LogP contribution is 2.63. The highest BCUT2D eigenvalue weighted by atomic mass is 35.5. The van der Waals surface area contributed by atoms with Crippen LogP contribution in [0.3, 0.4) is 0 Å². The van der Waals surface area contributed by atoms with Crippen LogP contribution < -0.4 is 41.1 Å². The average molecular weight is 1960 g/mol. The number of cyclic esters (lactones) is 2. The van der Waals surface area contributed by atoms with E-state index < -0.39 is 63.2 Å². The summed E-state index contributed by atoms with van der Waals surface area (Å²) in [5.74, 6) is 0.351. The smallest absolute Gasteiger partial charge is 0.419 e.